The molecule has 1 unspecified atom stereocenters. The minimum atomic E-state index is -0.0484. The lowest BCUT2D eigenvalue weighted by Gasteiger charge is -2.28. The van der Waals surface area contributed by atoms with Gasteiger partial charge in [0.05, 0.1) is 0 Å². The summed E-state index contributed by atoms with van der Waals surface area (Å²) in [6.45, 7) is 2.26. The Kier molecular flexibility index (Phi) is 6.24. The number of hydrogen-bond donors (Lipinski definition) is 2. The van der Waals surface area contributed by atoms with Gasteiger partial charge in [-0.3, -0.25) is 4.79 Å². The SMILES string of the molecule is CCC1CCC(NC(=O)CCC(N)c2ccccc2)CC1. The van der Waals surface area contributed by atoms with Gasteiger partial charge in [0, 0.05) is 18.5 Å². The molecule has 21 heavy (non-hydrogen) atoms. The summed E-state index contributed by atoms with van der Waals surface area (Å²) in [4.78, 5) is 12.0. The van der Waals surface area contributed by atoms with Gasteiger partial charge < -0.3 is 11.1 Å². The first-order chi connectivity index (χ1) is 10.2. The summed E-state index contributed by atoms with van der Waals surface area (Å²) in [7, 11) is 0. The van der Waals surface area contributed by atoms with Crippen LogP contribution in [0.4, 0.5) is 0 Å². The van der Waals surface area contributed by atoms with Gasteiger partial charge in [0.1, 0.15) is 0 Å². The molecule has 116 valence electrons. The van der Waals surface area contributed by atoms with E-state index in [-0.39, 0.29) is 11.9 Å². The molecule has 1 atom stereocenters. The average Bonchev–Trinajstić information content (AvgIpc) is 2.54. The predicted molar refractivity (Wildman–Crippen MR) is 86.8 cm³/mol. The van der Waals surface area contributed by atoms with Crippen LogP contribution < -0.4 is 11.1 Å². The predicted octanol–water partition coefficient (Wildman–Crippen LogP) is 3.55. The maximum Gasteiger partial charge on any atom is 0.220 e. The Hall–Kier alpha value is -1.35. The molecule has 1 saturated carbocycles. The van der Waals surface area contributed by atoms with Crippen molar-refractivity contribution >= 4 is 5.91 Å². The van der Waals surface area contributed by atoms with Gasteiger partial charge in [-0.2, -0.15) is 0 Å². The first kappa shape index (κ1) is 16.0. The van der Waals surface area contributed by atoms with E-state index in [4.69, 9.17) is 5.73 Å². The summed E-state index contributed by atoms with van der Waals surface area (Å²) < 4.78 is 0. The van der Waals surface area contributed by atoms with E-state index < -0.39 is 0 Å². The van der Waals surface area contributed by atoms with Crippen molar-refractivity contribution in [1.82, 2.24) is 5.32 Å². The largest absolute Gasteiger partial charge is 0.353 e. The van der Waals surface area contributed by atoms with Gasteiger partial charge in [-0.25, -0.2) is 0 Å². The first-order valence-corrected chi connectivity index (χ1v) is 8.29. The van der Waals surface area contributed by atoms with Crippen molar-refractivity contribution in [2.24, 2.45) is 11.7 Å². The summed E-state index contributed by atoms with van der Waals surface area (Å²) in [6.07, 6.45) is 7.27. The smallest absolute Gasteiger partial charge is 0.220 e. The molecule has 0 heterocycles. The Morgan fingerprint density at radius 3 is 2.52 bits per heavy atom. The Morgan fingerprint density at radius 1 is 1.24 bits per heavy atom. The highest BCUT2D eigenvalue weighted by Crippen LogP contribution is 2.26. The van der Waals surface area contributed by atoms with Crippen LogP contribution >= 0.6 is 0 Å². The van der Waals surface area contributed by atoms with Crippen LogP contribution in [0.5, 0.6) is 0 Å². The van der Waals surface area contributed by atoms with E-state index in [1.54, 1.807) is 0 Å². The summed E-state index contributed by atoms with van der Waals surface area (Å²) in [5.41, 5.74) is 7.24. The molecule has 0 aliphatic heterocycles. The second-order valence-electron chi connectivity index (χ2n) is 6.25. The Balaban J connectivity index is 1.68. The molecule has 2 rings (SSSR count). The third kappa shape index (κ3) is 5.16. The van der Waals surface area contributed by atoms with Gasteiger partial charge in [0.25, 0.3) is 0 Å². The van der Waals surface area contributed by atoms with Crippen LogP contribution in [0, 0.1) is 5.92 Å². The van der Waals surface area contributed by atoms with Crippen molar-refractivity contribution in [2.45, 2.75) is 64.0 Å². The van der Waals surface area contributed by atoms with E-state index in [0.717, 1.165) is 24.3 Å². The topological polar surface area (TPSA) is 55.1 Å². The number of carbonyl (C=O) groups excluding carboxylic acids is 1. The molecule has 1 amide bonds. The van der Waals surface area contributed by atoms with Crippen LogP contribution in [0.1, 0.15) is 63.5 Å². The maximum absolute atomic E-state index is 12.0. The minimum absolute atomic E-state index is 0.0484. The van der Waals surface area contributed by atoms with Gasteiger partial charge in [0.2, 0.25) is 5.91 Å². The van der Waals surface area contributed by atoms with E-state index in [0.29, 0.717) is 18.9 Å². The molecule has 1 aliphatic carbocycles. The van der Waals surface area contributed by atoms with Gasteiger partial charge in [0.15, 0.2) is 0 Å². The standard InChI is InChI=1S/C18H28N2O/c1-2-14-8-10-16(11-9-14)20-18(21)13-12-17(19)15-6-4-3-5-7-15/h3-7,14,16-17H,2,8-13,19H2,1H3,(H,20,21). The minimum Gasteiger partial charge on any atom is -0.353 e. The molecule has 1 aliphatic rings. The molecular formula is C18H28N2O. The molecule has 1 fully saturated rings. The lowest BCUT2D eigenvalue weighted by molar-refractivity contribution is -0.122. The number of rotatable bonds is 6. The molecule has 0 saturated heterocycles. The van der Waals surface area contributed by atoms with Crippen molar-refractivity contribution in [3.05, 3.63) is 35.9 Å². The molecule has 0 bridgehead atoms. The Labute approximate surface area is 128 Å². The van der Waals surface area contributed by atoms with Crippen LogP contribution in [0.2, 0.25) is 0 Å². The van der Waals surface area contributed by atoms with Crippen molar-refractivity contribution in [1.29, 1.82) is 0 Å². The van der Waals surface area contributed by atoms with Crippen LogP contribution in [-0.4, -0.2) is 11.9 Å². The van der Waals surface area contributed by atoms with Crippen molar-refractivity contribution in [2.75, 3.05) is 0 Å². The van der Waals surface area contributed by atoms with Gasteiger partial charge >= 0.3 is 0 Å². The molecule has 3 heteroatoms. The van der Waals surface area contributed by atoms with Crippen molar-refractivity contribution in [3.8, 4) is 0 Å². The van der Waals surface area contributed by atoms with Crippen LogP contribution in [0.3, 0.4) is 0 Å². The first-order valence-electron chi connectivity index (χ1n) is 8.29. The molecule has 0 radical (unpaired) electrons. The number of nitrogens with one attached hydrogen (secondary N) is 1. The van der Waals surface area contributed by atoms with E-state index in [1.165, 1.54) is 19.3 Å². The van der Waals surface area contributed by atoms with Gasteiger partial charge in [-0.1, -0.05) is 43.7 Å². The van der Waals surface area contributed by atoms with E-state index in [2.05, 4.69) is 12.2 Å². The number of nitrogens with two attached hydrogens (primary N) is 1. The fourth-order valence-electron chi connectivity index (χ4n) is 3.17. The second-order valence-corrected chi connectivity index (χ2v) is 6.25. The highest BCUT2D eigenvalue weighted by atomic mass is 16.1. The molecule has 1 aromatic rings. The van der Waals surface area contributed by atoms with E-state index in [1.807, 2.05) is 30.3 Å². The fraction of sp³-hybridized carbons (Fsp3) is 0.611. The van der Waals surface area contributed by atoms with E-state index in [9.17, 15) is 4.79 Å². The zero-order valence-electron chi connectivity index (χ0n) is 13.1. The molecule has 3 N–H and O–H groups in total. The number of carbonyl (C=O) groups is 1. The van der Waals surface area contributed by atoms with Crippen LogP contribution in [-0.2, 0) is 4.79 Å². The zero-order valence-corrected chi connectivity index (χ0v) is 13.1. The summed E-state index contributed by atoms with van der Waals surface area (Å²) in [6, 6.07) is 10.3. The second kappa shape index (κ2) is 8.18. The molecular weight excluding hydrogens is 260 g/mol. The van der Waals surface area contributed by atoms with Crippen molar-refractivity contribution in [3.63, 3.8) is 0 Å². The summed E-state index contributed by atoms with van der Waals surface area (Å²) in [5.74, 6) is 1.02. The van der Waals surface area contributed by atoms with Gasteiger partial charge in [-0.15, -0.1) is 0 Å². The maximum atomic E-state index is 12.0. The van der Waals surface area contributed by atoms with Crippen LogP contribution in [0.25, 0.3) is 0 Å². The lowest BCUT2D eigenvalue weighted by Crippen LogP contribution is -2.37. The summed E-state index contributed by atoms with van der Waals surface area (Å²) in [5, 5.41) is 3.18. The highest BCUT2D eigenvalue weighted by molar-refractivity contribution is 5.76. The number of benzene rings is 1. The number of amides is 1. The lowest BCUT2D eigenvalue weighted by atomic mass is 9.84. The Bertz CT molecular complexity index is 424. The monoisotopic (exact) mass is 288 g/mol. The molecule has 3 nitrogen and oxygen atoms in total. The third-order valence-electron chi connectivity index (χ3n) is 4.70. The Morgan fingerprint density at radius 2 is 1.90 bits per heavy atom. The van der Waals surface area contributed by atoms with Crippen LogP contribution in [0.15, 0.2) is 30.3 Å². The van der Waals surface area contributed by atoms with Gasteiger partial charge in [-0.05, 0) is 43.6 Å². The molecule has 0 aromatic heterocycles. The normalized spacial score (nSPS) is 23.5. The fourth-order valence-corrected chi connectivity index (χ4v) is 3.17. The molecule has 0 spiro atoms. The highest BCUT2D eigenvalue weighted by Gasteiger charge is 2.21. The zero-order chi connectivity index (χ0) is 15.1. The van der Waals surface area contributed by atoms with E-state index >= 15 is 0 Å². The summed E-state index contributed by atoms with van der Waals surface area (Å²) >= 11 is 0. The average molecular weight is 288 g/mol. The quantitative estimate of drug-likeness (QED) is 0.841. The third-order valence-corrected chi connectivity index (χ3v) is 4.70. The van der Waals surface area contributed by atoms with Crippen molar-refractivity contribution < 1.29 is 4.79 Å². The molecule has 1 aromatic carbocycles. The number of hydrogen-bond acceptors (Lipinski definition) is 2.